The van der Waals surface area contributed by atoms with E-state index in [1.54, 1.807) is 6.07 Å². The molecule has 7 rings (SSSR count). The van der Waals surface area contributed by atoms with Crippen molar-refractivity contribution in [2.75, 3.05) is 36.5 Å². The zero-order valence-electron chi connectivity index (χ0n) is 21.1. The molecule has 3 N–H and O–H groups in total. The number of ether oxygens (including phenoxy) is 1. The van der Waals surface area contributed by atoms with E-state index in [0.29, 0.717) is 43.1 Å². The third-order valence-electron chi connectivity index (χ3n) is 7.96. The number of para-hydroxylation sites is 1. The Hall–Kier alpha value is -4.04. The van der Waals surface area contributed by atoms with Gasteiger partial charge in [0.2, 0.25) is 0 Å². The predicted octanol–water partition coefficient (Wildman–Crippen LogP) is 4.72. The van der Waals surface area contributed by atoms with Gasteiger partial charge in [-0.1, -0.05) is 36.4 Å². The van der Waals surface area contributed by atoms with Crippen LogP contribution in [-0.2, 0) is 6.54 Å². The summed E-state index contributed by atoms with van der Waals surface area (Å²) in [5, 5.41) is 4.78. The van der Waals surface area contributed by atoms with Gasteiger partial charge in [0.1, 0.15) is 30.0 Å². The van der Waals surface area contributed by atoms with Crippen molar-refractivity contribution < 1.29 is 13.9 Å². The molecule has 4 heterocycles. The summed E-state index contributed by atoms with van der Waals surface area (Å²) >= 11 is 0. The van der Waals surface area contributed by atoms with E-state index in [-0.39, 0.29) is 23.9 Å². The molecule has 0 aliphatic carbocycles. The number of hydrogen-bond acceptors (Lipinski definition) is 5. The molecule has 0 saturated carbocycles. The summed E-state index contributed by atoms with van der Waals surface area (Å²) in [6.45, 7) is 2.93. The fourth-order valence-corrected chi connectivity index (χ4v) is 6.14. The van der Waals surface area contributed by atoms with E-state index in [4.69, 9.17) is 10.5 Å². The maximum atomic E-state index is 14.7. The van der Waals surface area contributed by atoms with Crippen LogP contribution in [-0.4, -0.2) is 47.7 Å². The van der Waals surface area contributed by atoms with Crippen LogP contribution in [0.5, 0.6) is 5.75 Å². The van der Waals surface area contributed by atoms with E-state index >= 15 is 0 Å². The summed E-state index contributed by atoms with van der Waals surface area (Å²) in [7, 11) is 0. The lowest BCUT2D eigenvalue weighted by atomic mass is 10.0. The molecule has 3 aromatic carbocycles. The molecule has 0 spiro atoms. The summed E-state index contributed by atoms with van der Waals surface area (Å²) in [6, 6.07) is 21.1. The number of nitrogens with zero attached hydrogens (tertiary/aromatic N) is 3. The molecule has 2 atom stereocenters. The Labute approximate surface area is 220 Å². The van der Waals surface area contributed by atoms with E-state index in [9.17, 15) is 9.18 Å². The van der Waals surface area contributed by atoms with Crippen molar-refractivity contribution in [3.63, 3.8) is 0 Å². The van der Waals surface area contributed by atoms with Crippen LogP contribution in [0.4, 0.5) is 15.8 Å². The lowest BCUT2D eigenvalue weighted by Gasteiger charge is -2.33. The minimum absolute atomic E-state index is 0.0150. The standard InChI is InChI=1S/C30H30FN5O2/c31-23-9-3-1-7-20(23)17-36-25-10-4-2-6-19(25)15-26(36)29-33-24-14-21(16-27-28(24)35(29)12-13-38-27)30(37)34-11-5-8-22(32)18-34/h1-4,6-7,9-10,14-16,22,29,33H,5,8,11-13,17-18,32H2/t22?,29-/m1/s1. The van der Waals surface area contributed by atoms with E-state index in [1.165, 1.54) is 6.07 Å². The number of nitrogens with one attached hydrogen (secondary N) is 1. The van der Waals surface area contributed by atoms with E-state index < -0.39 is 0 Å². The zero-order valence-corrected chi connectivity index (χ0v) is 21.1. The Morgan fingerprint density at radius 1 is 1.08 bits per heavy atom. The number of rotatable bonds is 4. The van der Waals surface area contributed by atoms with E-state index in [0.717, 1.165) is 47.4 Å². The van der Waals surface area contributed by atoms with Gasteiger partial charge in [0.05, 0.1) is 24.5 Å². The monoisotopic (exact) mass is 511 g/mol. The van der Waals surface area contributed by atoms with Crippen LogP contribution in [0.1, 0.15) is 40.6 Å². The highest BCUT2D eigenvalue weighted by molar-refractivity contribution is 5.99. The Balaban J connectivity index is 1.28. The molecular weight excluding hydrogens is 481 g/mol. The van der Waals surface area contributed by atoms with Crippen LogP contribution in [0.25, 0.3) is 10.9 Å². The smallest absolute Gasteiger partial charge is 0.254 e. The largest absolute Gasteiger partial charge is 0.489 e. The van der Waals surface area contributed by atoms with Crippen LogP contribution in [0.15, 0.2) is 66.7 Å². The number of likely N-dealkylation sites (tertiary alicyclic amines) is 1. The van der Waals surface area contributed by atoms with Gasteiger partial charge in [-0.15, -0.1) is 0 Å². The number of aromatic nitrogens is 1. The number of piperidine rings is 1. The van der Waals surface area contributed by atoms with E-state index in [1.807, 2.05) is 41.3 Å². The first-order chi connectivity index (χ1) is 18.6. The second-order valence-electron chi connectivity index (χ2n) is 10.4. The average molecular weight is 512 g/mol. The molecule has 3 aliphatic heterocycles. The number of carbonyl (C=O) groups is 1. The first-order valence-electron chi connectivity index (χ1n) is 13.3. The fraction of sp³-hybridized carbons (Fsp3) is 0.300. The maximum absolute atomic E-state index is 14.7. The van der Waals surface area contributed by atoms with Crippen molar-refractivity contribution in [1.82, 2.24) is 9.47 Å². The SMILES string of the molecule is NC1CCCN(C(=O)c2cc3c4c(c2)OCCN4[C@H](c2cc4ccccc4n2Cc2ccccc2F)N3)C1. The number of nitrogens with two attached hydrogens (primary N) is 1. The van der Waals surface area contributed by atoms with Gasteiger partial charge in [0.25, 0.3) is 5.91 Å². The molecule has 0 bridgehead atoms. The second kappa shape index (κ2) is 9.06. The van der Waals surface area contributed by atoms with Crippen molar-refractivity contribution in [1.29, 1.82) is 0 Å². The molecule has 1 unspecified atom stereocenters. The zero-order chi connectivity index (χ0) is 25.8. The van der Waals surface area contributed by atoms with Crippen LogP contribution < -0.4 is 20.7 Å². The lowest BCUT2D eigenvalue weighted by Crippen LogP contribution is -2.45. The molecular formula is C30H30FN5O2. The van der Waals surface area contributed by atoms with Crippen LogP contribution >= 0.6 is 0 Å². The number of anilines is 2. The summed E-state index contributed by atoms with van der Waals surface area (Å²) in [5.41, 5.74) is 11.3. The molecule has 4 aromatic rings. The van der Waals surface area contributed by atoms with Gasteiger partial charge in [0, 0.05) is 41.2 Å². The van der Waals surface area contributed by atoms with Crippen molar-refractivity contribution in [2.45, 2.75) is 31.6 Å². The topological polar surface area (TPSA) is 75.8 Å². The third-order valence-corrected chi connectivity index (χ3v) is 7.96. The number of amides is 1. The molecule has 8 heteroatoms. The van der Waals surface area contributed by atoms with Gasteiger partial charge in [-0.05, 0) is 43.2 Å². The Morgan fingerprint density at radius 3 is 2.79 bits per heavy atom. The highest BCUT2D eigenvalue weighted by atomic mass is 19.1. The third kappa shape index (κ3) is 3.79. The highest BCUT2D eigenvalue weighted by Crippen LogP contribution is 2.50. The van der Waals surface area contributed by atoms with Crippen LogP contribution in [0, 0.1) is 5.82 Å². The molecule has 3 aliphatic rings. The predicted molar refractivity (Wildman–Crippen MR) is 146 cm³/mol. The first-order valence-corrected chi connectivity index (χ1v) is 13.3. The number of benzene rings is 3. The Morgan fingerprint density at radius 2 is 1.92 bits per heavy atom. The number of carbonyl (C=O) groups excluding carboxylic acids is 1. The number of fused-ring (bicyclic) bond motifs is 1. The van der Waals surface area contributed by atoms with Gasteiger partial charge in [0.15, 0.2) is 0 Å². The Kier molecular flexibility index (Phi) is 5.51. The number of halogens is 1. The van der Waals surface area contributed by atoms with Gasteiger partial charge in [-0.25, -0.2) is 4.39 Å². The Bertz CT molecular complexity index is 1550. The highest BCUT2D eigenvalue weighted by Gasteiger charge is 2.38. The van der Waals surface area contributed by atoms with Gasteiger partial charge >= 0.3 is 0 Å². The minimum atomic E-state index is -0.215. The van der Waals surface area contributed by atoms with Crippen molar-refractivity contribution >= 4 is 28.2 Å². The van der Waals surface area contributed by atoms with Gasteiger partial charge in [-0.3, -0.25) is 4.79 Å². The van der Waals surface area contributed by atoms with Crippen molar-refractivity contribution in [3.8, 4) is 5.75 Å². The molecule has 1 aromatic heterocycles. The van der Waals surface area contributed by atoms with Gasteiger partial charge in [-0.2, -0.15) is 0 Å². The molecule has 38 heavy (non-hydrogen) atoms. The van der Waals surface area contributed by atoms with Crippen molar-refractivity contribution in [2.24, 2.45) is 5.73 Å². The molecule has 194 valence electrons. The minimum Gasteiger partial charge on any atom is -0.489 e. The summed E-state index contributed by atoms with van der Waals surface area (Å²) < 4.78 is 23.0. The van der Waals surface area contributed by atoms with Crippen LogP contribution in [0.3, 0.4) is 0 Å². The van der Waals surface area contributed by atoms with E-state index in [2.05, 4.69) is 33.0 Å². The molecule has 1 amide bonds. The van der Waals surface area contributed by atoms with Crippen molar-refractivity contribution in [3.05, 3.63) is 89.4 Å². The quantitative estimate of drug-likeness (QED) is 0.415. The summed E-state index contributed by atoms with van der Waals surface area (Å²) in [5.74, 6) is 0.483. The van der Waals surface area contributed by atoms with Gasteiger partial charge < -0.3 is 30.2 Å². The summed E-state index contributed by atoms with van der Waals surface area (Å²) in [4.78, 5) is 17.6. The molecule has 1 fully saturated rings. The second-order valence-corrected chi connectivity index (χ2v) is 10.4. The fourth-order valence-electron chi connectivity index (χ4n) is 6.14. The normalized spacial score (nSPS) is 20.3. The average Bonchev–Trinajstić information content (AvgIpc) is 3.49. The molecule has 7 nitrogen and oxygen atoms in total. The maximum Gasteiger partial charge on any atom is 0.254 e. The lowest BCUT2D eigenvalue weighted by molar-refractivity contribution is 0.0708. The van der Waals surface area contributed by atoms with Crippen LogP contribution in [0.2, 0.25) is 0 Å². The first kappa shape index (κ1) is 23.1. The molecule has 0 radical (unpaired) electrons. The summed E-state index contributed by atoms with van der Waals surface area (Å²) in [6.07, 6.45) is 1.68. The molecule has 1 saturated heterocycles. The number of hydrogen-bond donors (Lipinski definition) is 2.